The summed E-state index contributed by atoms with van der Waals surface area (Å²) in [5.74, 6) is -5.14. The zero-order chi connectivity index (χ0) is 37.7. The van der Waals surface area contributed by atoms with Crippen molar-refractivity contribution in [1.29, 1.82) is 0 Å². The Hall–Kier alpha value is -6.22. The van der Waals surface area contributed by atoms with Crippen LogP contribution in [0.2, 0.25) is 0 Å². The molecule has 2 amide bonds. The van der Waals surface area contributed by atoms with Crippen molar-refractivity contribution in [3.05, 3.63) is 93.6 Å². The summed E-state index contributed by atoms with van der Waals surface area (Å²) in [7, 11) is 0. The van der Waals surface area contributed by atoms with Crippen LogP contribution in [0.15, 0.2) is 80.2 Å². The summed E-state index contributed by atoms with van der Waals surface area (Å²) in [4.78, 5) is 60.3. The van der Waals surface area contributed by atoms with Gasteiger partial charge in [-0.15, -0.1) is 10.2 Å². The summed E-state index contributed by atoms with van der Waals surface area (Å²) in [5.41, 5.74) is 10.8. The second kappa shape index (κ2) is 12.2. The van der Waals surface area contributed by atoms with E-state index in [-0.39, 0.29) is 84.3 Å². The lowest BCUT2D eigenvalue weighted by molar-refractivity contribution is 0.0685. The number of aromatic carboxylic acids is 2. The topological polar surface area (TPSA) is 262 Å². The molecule has 8 N–H and O–H groups in total. The number of aromatic nitrogens is 6. The molecule has 0 atom stereocenters. The predicted molar refractivity (Wildman–Crippen MR) is 198 cm³/mol. The number of hydrogen-bond donors (Lipinski definition) is 6. The van der Waals surface area contributed by atoms with Crippen molar-refractivity contribution in [2.75, 3.05) is 0 Å². The average molecular weight is 795 g/mol. The molecule has 9 rings (SSSR count). The number of carboxylic acid groups (broad SMARTS) is 2. The number of carbonyl (C=O) groups is 4. The van der Waals surface area contributed by atoms with E-state index >= 15 is 0 Å². The second-order valence-corrected chi connectivity index (χ2v) is 16.2. The summed E-state index contributed by atoms with van der Waals surface area (Å²) < 4.78 is 3.01. The summed E-state index contributed by atoms with van der Waals surface area (Å²) in [6.07, 6.45) is 0. The highest BCUT2D eigenvalue weighted by Crippen LogP contribution is 2.67. The van der Waals surface area contributed by atoms with Crippen LogP contribution in [0.25, 0.3) is 42.5 Å². The lowest BCUT2D eigenvalue weighted by atomic mass is 10.1. The number of carbonyl (C=O) groups excluding carboxylic acids is 2. The van der Waals surface area contributed by atoms with Crippen LogP contribution >= 0.6 is 47.0 Å². The number of aromatic hydroxyl groups is 2. The summed E-state index contributed by atoms with van der Waals surface area (Å²) >= 11 is 3.83. The monoisotopic (exact) mass is 794 g/mol. The van der Waals surface area contributed by atoms with Crippen molar-refractivity contribution in [3.8, 4) is 34.3 Å². The first-order valence-electron chi connectivity index (χ1n) is 15.4. The van der Waals surface area contributed by atoms with Gasteiger partial charge in [0, 0.05) is 11.1 Å². The van der Waals surface area contributed by atoms with E-state index in [9.17, 15) is 39.6 Å². The number of nitrogens with two attached hydrogens (primary N) is 2. The number of hydrogen-bond acceptors (Lipinski definition) is 14. The van der Waals surface area contributed by atoms with Crippen LogP contribution < -0.4 is 22.2 Å². The average Bonchev–Trinajstić information content (AvgIpc) is 3.98. The van der Waals surface area contributed by atoms with Gasteiger partial charge in [0.15, 0.2) is 22.9 Å². The Labute approximate surface area is 316 Å². The Balaban J connectivity index is 1.23. The zero-order valence-corrected chi connectivity index (χ0v) is 29.9. The Morgan fingerprint density at radius 2 is 0.870 bits per heavy atom. The maximum Gasteiger partial charge on any atom is 0.340 e. The van der Waals surface area contributed by atoms with Gasteiger partial charge >= 0.3 is 11.9 Å². The van der Waals surface area contributed by atoms with E-state index in [1.807, 2.05) is 0 Å². The number of carboxylic acids is 2. The molecule has 0 spiro atoms. The van der Waals surface area contributed by atoms with E-state index in [4.69, 9.17) is 11.5 Å². The molecule has 0 bridgehead atoms. The highest BCUT2D eigenvalue weighted by molar-refractivity contribution is 8.33. The smallest absolute Gasteiger partial charge is 0.340 e. The summed E-state index contributed by atoms with van der Waals surface area (Å²) in [6, 6.07) is 17.6. The van der Waals surface area contributed by atoms with Gasteiger partial charge in [0.25, 0.3) is 11.8 Å². The molecule has 266 valence electrons. The van der Waals surface area contributed by atoms with Crippen molar-refractivity contribution in [3.63, 3.8) is 0 Å². The van der Waals surface area contributed by atoms with Crippen LogP contribution in [0.3, 0.4) is 0 Å². The van der Waals surface area contributed by atoms with Gasteiger partial charge in [0.1, 0.15) is 33.3 Å². The molecule has 16 nitrogen and oxygen atoms in total. The molecule has 3 aromatic carbocycles. The van der Waals surface area contributed by atoms with E-state index in [1.165, 1.54) is 9.03 Å². The highest BCUT2D eigenvalue weighted by atomic mass is 32.2. The first kappa shape index (κ1) is 33.6. The predicted octanol–water partition coefficient (Wildman–Crippen LogP) is 3.48. The quantitative estimate of drug-likeness (QED) is 0.132. The van der Waals surface area contributed by atoms with Crippen LogP contribution in [0.1, 0.15) is 41.4 Å². The van der Waals surface area contributed by atoms with E-state index < -0.39 is 34.9 Å². The van der Waals surface area contributed by atoms with Gasteiger partial charge in [-0.2, -0.15) is 0 Å². The minimum Gasteiger partial charge on any atom is -0.505 e. The fourth-order valence-corrected chi connectivity index (χ4v) is 11.6. The van der Waals surface area contributed by atoms with Gasteiger partial charge in [-0.05, 0) is 0 Å². The van der Waals surface area contributed by atoms with Crippen molar-refractivity contribution in [2.45, 2.75) is 19.6 Å². The van der Waals surface area contributed by atoms with Gasteiger partial charge in [0.2, 0.25) is 0 Å². The van der Waals surface area contributed by atoms with Gasteiger partial charge in [-0.3, -0.25) is 9.59 Å². The molecule has 7 aromatic rings. The minimum atomic E-state index is -1.45. The summed E-state index contributed by atoms with van der Waals surface area (Å²) in [5, 5.41) is 52.9. The van der Waals surface area contributed by atoms with Crippen LogP contribution in [-0.4, -0.2) is 73.4 Å². The number of phenolic OH excluding ortho intramolecular Hbond substituents is 2. The molecule has 4 aromatic heterocycles. The molecule has 0 radical (unpaired) electrons. The molecule has 2 aliphatic heterocycles. The van der Waals surface area contributed by atoms with Crippen LogP contribution in [0.4, 0.5) is 0 Å². The normalized spacial score (nSPS) is 13.6. The van der Waals surface area contributed by atoms with E-state index in [0.717, 1.165) is 47.0 Å². The maximum atomic E-state index is 12.8. The van der Waals surface area contributed by atoms with Crippen molar-refractivity contribution in [2.24, 2.45) is 11.5 Å². The van der Waals surface area contributed by atoms with Gasteiger partial charge in [-0.25, -0.2) is 28.6 Å². The van der Waals surface area contributed by atoms with Crippen molar-refractivity contribution < 1.29 is 39.6 Å². The fourth-order valence-electron chi connectivity index (χ4n) is 6.23. The van der Waals surface area contributed by atoms with Crippen molar-refractivity contribution in [1.82, 2.24) is 29.2 Å². The first-order chi connectivity index (χ1) is 25.9. The lowest BCUT2D eigenvalue weighted by Gasteiger charge is -2.08. The molecular formula is C34H18N8O8S4. The van der Waals surface area contributed by atoms with Gasteiger partial charge in [-0.1, -0.05) is 108 Å². The number of primary amides is 2. The number of amides is 2. The Morgan fingerprint density at radius 3 is 1.17 bits per heavy atom. The standard InChI is InChI=1S/C34H18N8O8S4/c35-25(45)13-15(31(47)48)29-37-27(11-7-3-1-4-8-11)39-41(29)17(13)33-51-21-19(43)23-24(20(44)22(21)52-33)54-34(53-23)18-14(26(36)46)16(32(49)50)30-38-28(40-42(18)30)12-9-5-2-6-10-12/h1-10,43-44H,(H2,35,45)(H2,36,46)(H,47,48)(H,49,50). The molecule has 0 fully saturated rings. The number of nitrogens with zero attached hydrogens (tertiary/aromatic N) is 6. The fraction of sp³-hybridized carbons (Fsp3) is 0. The van der Waals surface area contributed by atoms with Crippen LogP contribution in [0.5, 0.6) is 11.5 Å². The number of thioether (sulfide) groups is 4. The third kappa shape index (κ3) is 4.84. The largest absolute Gasteiger partial charge is 0.505 e. The molecule has 20 heteroatoms. The molecular weight excluding hydrogens is 777 g/mol. The van der Waals surface area contributed by atoms with E-state index in [2.05, 4.69) is 20.2 Å². The number of fused-ring (bicyclic) bond motifs is 4. The minimum absolute atomic E-state index is 0.0224. The maximum absolute atomic E-state index is 12.8. The Bertz CT molecular complexity index is 2750. The zero-order valence-electron chi connectivity index (χ0n) is 26.7. The van der Waals surface area contributed by atoms with Gasteiger partial charge < -0.3 is 31.9 Å². The third-order valence-electron chi connectivity index (χ3n) is 8.48. The molecule has 0 aliphatic carbocycles. The Kier molecular flexibility index (Phi) is 7.57. The second-order valence-electron chi connectivity index (χ2n) is 11.6. The molecule has 0 saturated heterocycles. The van der Waals surface area contributed by atoms with Crippen LogP contribution in [-0.2, 0) is 0 Å². The SMILES string of the molecule is NC(=O)c1c(C(=O)O)c2nc(-c3ccccc3)nn2c1=C1Sc2c(O)c3c(c(O)c2S1)SC(=c1c(C(N)=O)c(C(=O)O)c2nc(-c4ccccc4)nn12)S3. The molecule has 54 heavy (non-hydrogen) atoms. The summed E-state index contributed by atoms with van der Waals surface area (Å²) in [6.45, 7) is 0. The first-order valence-corrected chi connectivity index (χ1v) is 18.6. The van der Waals surface area contributed by atoms with E-state index in [0.29, 0.717) is 11.1 Å². The number of rotatable bonds is 6. The van der Waals surface area contributed by atoms with Crippen molar-refractivity contribution >= 4 is 90.6 Å². The number of phenols is 2. The van der Waals surface area contributed by atoms with Crippen LogP contribution in [0, 0.1) is 0 Å². The molecule has 0 saturated carbocycles. The molecule has 6 heterocycles. The highest BCUT2D eigenvalue weighted by Gasteiger charge is 2.39. The third-order valence-corrected chi connectivity index (χ3v) is 13.7. The van der Waals surface area contributed by atoms with E-state index in [1.54, 1.807) is 60.7 Å². The Morgan fingerprint density at radius 1 is 0.537 bits per heavy atom. The molecule has 0 unspecified atom stereocenters. The number of benzene rings is 3. The lowest BCUT2D eigenvalue weighted by Crippen LogP contribution is -2.26. The molecule has 2 aliphatic rings. The van der Waals surface area contributed by atoms with Gasteiger partial charge in [0.05, 0.1) is 39.2 Å².